The summed E-state index contributed by atoms with van der Waals surface area (Å²) in [6.07, 6.45) is 6.26. The van der Waals surface area contributed by atoms with Gasteiger partial charge in [-0.2, -0.15) is 0 Å². The number of nitrogens with zero attached hydrogens (tertiary/aromatic N) is 2. The van der Waals surface area contributed by atoms with Gasteiger partial charge in [-0.3, -0.25) is 0 Å². The Balaban J connectivity index is 1.89. The second-order valence-electron chi connectivity index (χ2n) is 4.80. The summed E-state index contributed by atoms with van der Waals surface area (Å²) >= 11 is 0. The molecule has 0 aromatic carbocycles. The Morgan fingerprint density at radius 3 is 2.67 bits per heavy atom. The van der Waals surface area contributed by atoms with Crippen LogP contribution >= 0.6 is 0 Å². The van der Waals surface area contributed by atoms with Crippen molar-refractivity contribution in [2.75, 3.05) is 23.9 Å². The fourth-order valence-corrected chi connectivity index (χ4v) is 2.56. The molecule has 1 aliphatic carbocycles. The number of hydrogen-bond donors (Lipinski definition) is 4. The van der Waals surface area contributed by atoms with Crippen LogP contribution in [0.2, 0.25) is 0 Å². The number of anilines is 2. The lowest BCUT2D eigenvalue weighted by Gasteiger charge is -2.30. The summed E-state index contributed by atoms with van der Waals surface area (Å²) in [5.74, 6) is 7.59. The van der Waals surface area contributed by atoms with Gasteiger partial charge in [0.25, 0.3) is 0 Å². The number of nitrogens with one attached hydrogen (secondary N) is 2. The minimum absolute atomic E-state index is 0.283. The van der Waals surface area contributed by atoms with Crippen LogP contribution in [0.25, 0.3) is 0 Å². The summed E-state index contributed by atoms with van der Waals surface area (Å²) in [5.41, 5.74) is 2.49. The van der Waals surface area contributed by atoms with Gasteiger partial charge in [-0.25, -0.2) is 15.8 Å². The van der Waals surface area contributed by atoms with E-state index in [0.717, 1.165) is 18.8 Å². The minimum Gasteiger partial charge on any atom is -0.396 e. The molecule has 1 aromatic rings. The summed E-state index contributed by atoms with van der Waals surface area (Å²) in [4.78, 5) is 8.10. The third kappa shape index (κ3) is 3.30. The van der Waals surface area contributed by atoms with Crippen molar-refractivity contribution in [3.05, 3.63) is 12.4 Å². The average Bonchev–Trinajstić information content (AvgIpc) is 2.45. The number of aliphatic hydroxyl groups excluding tert-OH is 1. The van der Waals surface area contributed by atoms with Crippen molar-refractivity contribution in [3.8, 4) is 0 Å². The second-order valence-corrected chi connectivity index (χ2v) is 4.80. The third-order valence-electron chi connectivity index (χ3n) is 3.66. The van der Waals surface area contributed by atoms with Crippen LogP contribution < -0.4 is 16.6 Å². The quantitative estimate of drug-likeness (QED) is 0.460. The molecule has 6 nitrogen and oxygen atoms in total. The zero-order valence-electron chi connectivity index (χ0n) is 10.5. The van der Waals surface area contributed by atoms with Gasteiger partial charge in [0.15, 0.2) is 0 Å². The third-order valence-corrected chi connectivity index (χ3v) is 3.66. The van der Waals surface area contributed by atoms with Gasteiger partial charge < -0.3 is 15.8 Å². The van der Waals surface area contributed by atoms with Crippen molar-refractivity contribution in [2.24, 2.45) is 17.7 Å². The van der Waals surface area contributed by atoms with Gasteiger partial charge >= 0.3 is 0 Å². The fraction of sp³-hybridized carbons (Fsp3) is 0.667. The molecule has 6 heteroatoms. The minimum atomic E-state index is 0.283. The van der Waals surface area contributed by atoms with Gasteiger partial charge in [0.2, 0.25) is 0 Å². The molecule has 2 atom stereocenters. The molecule has 1 saturated carbocycles. The van der Waals surface area contributed by atoms with E-state index in [-0.39, 0.29) is 6.61 Å². The molecule has 18 heavy (non-hydrogen) atoms. The maximum absolute atomic E-state index is 9.36. The SMILES string of the molecule is NNc1cc(NCC2CCCCC2CO)ncn1. The molecule has 2 unspecified atom stereocenters. The van der Waals surface area contributed by atoms with Crippen LogP contribution in [0.1, 0.15) is 25.7 Å². The number of nitrogen functional groups attached to an aromatic ring is 1. The lowest BCUT2D eigenvalue weighted by molar-refractivity contribution is 0.141. The first-order valence-electron chi connectivity index (χ1n) is 6.47. The number of hydrazine groups is 1. The Labute approximate surface area is 107 Å². The van der Waals surface area contributed by atoms with E-state index in [4.69, 9.17) is 5.84 Å². The highest BCUT2D eigenvalue weighted by Crippen LogP contribution is 2.29. The maximum atomic E-state index is 9.36. The molecule has 5 N–H and O–H groups in total. The summed E-state index contributed by atoms with van der Waals surface area (Å²) in [6, 6.07) is 1.77. The first-order valence-corrected chi connectivity index (χ1v) is 6.47. The smallest absolute Gasteiger partial charge is 0.145 e. The largest absolute Gasteiger partial charge is 0.396 e. The average molecular weight is 251 g/mol. The number of nitrogens with two attached hydrogens (primary N) is 1. The van der Waals surface area contributed by atoms with Crippen LogP contribution in [0.3, 0.4) is 0 Å². The topological polar surface area (TPSA) is 96.1 Å². The van der Waals surface area contributed by atoms with E-state index in [1.807, 2.05) is 0 Å². The second kappa shape index (κ2) is 6.51. The zero-order chi connectivity index (χ0) is 12.8. The number of rotatable bonds is 5. The Bertz CT molecular complexity index is 373. The monoisotopic (exact) mass is 251 g/mol. The van der Waals surface area contributed by atoms with E-state index >= 15 is 0 Å². The van der Waals surface area contributed by atoms with Crippen LogP contribution in [-0.4, -0.2) is 28.2 Å². The predicted octanol–water partition coefficient (Wildman–Crippen LogP) is 0.973. The van der Waals surface area contributed by atoms with Crippen molar-refractivity contribution in [1.29, 1.82) is 0 Å². The molecule has 0 bridgehead atoms. The van der Waals surface area contributed by atoms with Crippen molar-refractivity contribution < 1.29 is 5.11 Å². The van der Waals surface area contributed by atoms with Gasteiger partial charge in [-0.1, -0.05) is 12.8 Å². The van der Waals surface area contributed by atoms with Crippen molar-refractivity contribution in [3.63, 3.8) is 0 Å². The van der Waals surface area contributed by atoms with Gasteiger partial charge in [-0.15, -0.1) is 0 Å². The Hall–Kier alpha value is -1.40. The Morgan fingerprint density at radius 2 is 1.94 bits per heavy atom. The van der Waals surface area contributed by atoms with E-state index < -0.39 is 0 Å². The summed E-state index contributed by atoms with van der Waals surface area (Å²) in [7, 11) is 0. The lowest BCUT2D eigenvalue weighted by Crippen LogP contribution is -2.28. The van der Waals surface area contributed by atoms with E-state index in [2.05, 4.69) is 20.7 Å². The van der Waals surface area contributed by atoms with Gasteiger partial charge in [0.1, 0.15) is 18.0 Å². The summed E-state index contributed by atoms with van der Waals surface area (Å²) in [5, 5.41) is 12.7. The molecule has 0 saturated heterocycles. The molecule has 2 rings (SSSR count). The normalized spacial score (nSPS) is 23.7. The molecule has 1 fully saturated rings. The standard InChI is InChI=1S/C12H21N5O/c13-17-12-5-11(15-8-16-12)14-6-9-3-1-2-4-10(9)7-18/h5,8-10,18H,1-4,6-7,13H2,(H2,14,15,16,17). The van der Waals surface area contributed by atoms with Crippen LogP contribution in [0, 0.1) is 11.8 Å². The van der Waals surface area contributed by atoms with Crippen LogP contribution in [0.15, 0.2) is 12.4 Å². The lowest BCUT2D eigenvalue weighted by atomic mass is 9.79. The number of hydrogen-bond acceptors (Lipinski definition) is 6. The van der Waals surface area contributed by atoms with Crippen LogP contribution in [0.5, 0.6) is 0 Å². The zero-order valence-corrected chi connectivity index (χ0v) is 10.5. The van der Waals surface area contributed by atoms with Crippen LogP contribution in [0.4, 0.5) is 11.6 Å². The molecule has 0 spiro atoms. The van der Waals surface area contributed by atoms with E-state index in [9.17, 15) is 5.11 Å². The first kappa shape index (κ1) is 13.0. The molecule has 0 radical (unpaired) electrons. The van der Waals surface area contributed by atoms with Crippen molar-refractivity contribution in [2.45, 2.75) is 25.7 Å². The molecule has 0 amide bonds. The Morgan fingerprint density at radius 1 is 1.22 bits per heavy atom. The van der Waals surface area contributed by atoms with Crippen molar-refractivity contribution in [1.82, 2.24) is 9.97 Å². The van der Waals surface area contributed by atoms with Crippen LogP contribution in [-0.2, 0) is 0 Å². The molecule has 1 aliphatic rings. The maximum Gasteiger partial charge on any atom is 0.145 e. The summed E-state index contributed by atoms with van der Waals surface area (Å²) < 4.78 is 0. The number of aliphatic hydroxyl groups is 1. The molecular formula is C12H21N5O. The molecule has 1 aromatic heterocycles. The molecule has 1 heterocycles. The first-order chi connectivity index (χ1) is 8.83. The van der Waals surface area contributed by atoms with Gasteiger partial charge in [0, 0.05) is 19.2 Å². The highest BCUT2D eigenvalue weighted by molar-refractivity contribution is 5.45. The summed E-state index contributed by atoms with van der Waals surface area (Å²) in [6.45, 7) is 1.12. The predicted molar refractivity (Wildman–Crippen MR) is 70.9 cm³/mol. The highest BCUT2D eigenvalue weighted by atomic mass is 16.3. The molecular weight excluding hydrogens is 230 g/mol. The van der Waals surface area contributed by atoms with E-state index in [1.54, 1.807) is 6.07 Å². The van der Waals surface area contributed by atoms with Gasteiger partial charge in [-0.05, 0) is 24.7 Å². The van der Waals surface area contributed by atoms with Gasteiger partial charge in [0.05, 0.1) is 0 Å². The highest BCUT2D eigenvalue weighted by Gasteiger charge is 2.24. The number of aromatic nitrogens is 2. The van der Waals surface area contributed by atoms with E-state index in [0.29, 0.717) is 17.7 Å². The van der Waals surface area contributed by atoms with Crippen molar-refractivity contribution >= 4 is 11.6 Å². The molecule has 100 valence electrons. The fourth-order valence-electron chi connectivity index (χ4n) is 2.56. The Kier molecular flexibility index (Phi) is 4.72. The molecule has 0 aliphatic heterocycles. The van der Waals surface area contributed by atoms with E-state index in [1.165, 1.54) is 25.6 Å².